The Labute approximate surface area is 198 Å². The summed E-state index contributed by atoms with van der Waals surface area (Å²) in [6, 6.07) is 18.6. The van der Waals surface area contributed by atoms with E-state index in [1.54, 1.807) is 29.1 Å². The predicted octanol–water partition coefficient (Wildman–Crippen LogP) is 5.04. The van der Waals surface area contributed by atoms with Gasteiger partial charge in [-0.1, -0.05) is 49.4 Å². The van der Waals surface area contributed by atoms with Crippen molar-refractivity contribution >= 4 is 46.6 Å². The van der Waals surface area contributed by atoms with Crippen LogP contribution in [0.4, 0.5) is 5.69 Å². The third-order valence-corrected chi connectivity index (χ3v) is 6.15. The van der Waals surface area contributed by atoms with E-state index in [2.05, 4.69) is 38.3 Å². The summed E-state index contributed by atoms with van der Waals surface area (Å²) in [5, 5.41) is 0. The quantitative estimate of drug-likeness (QED) is 0.353. The standard InChI is InChI=1S/C25H29IN2O3/c1-2-24(29)28(22-11-8-21(9-12-22)10-13-25(30)31-26)23-15-18-27(19-16-23)17-14-20-6-4-3-5-7-20/h3-13,23H,2,14-19H2,1H3/b13-10+. The van der Waals surface area contributed by atoms with Crippen LogP contribution in [0.5, 0.6) is 0 Å². The fraction of sp³-hybridized carbons (Fsp3) is 0.360. The first kappa shape index (κ1) is 23.5. The third kappa shape index (κ3) is 6.90. The van der Waals surface area contributed by atoms with Crippen LogP contribution in [0.15, 0.2) is 60.7 Å². The number of amides is 1. The minimum Gasteiger partial charge on any atom is -0.391 e. The van der Waals surface area contributed by atoms with Gasteiger partial charge in [-0.05, 0) is 48.6 Å². The van der Waals surface area contributed by atoms with Gasteiger partial charge in [-0.25, -0.2) is 4.79 Å². The van der Waals surface area contributed by atoms with Crippen molar-refractivity contribution in [2.24, 2.45) is 0 Å². The number of halogens is 1. The normalized spacial score (nSPS) is 15.2. The van der Waals surface area contributed by atoms with E-state index < -0.39 is 5.97 Å². The molecule has 0 spiro atoms. The van der Waals surface area contributed by atoms with Gasteiger partial charge in [0, 0.05) is 43.9 Å². The van der Waals surface area contributed by atoms with E-state index in [1.807, 2.05) is 36.1 Å². The van der Waals surface area contributed by atoms with Crippen molar-refractivity contribution in [2.75, 3.05) is 24.5 Å². The molecule has 0 unspecified atom stereocenters. The van der Waals surface area contributed by atoms with Crippen LogP contribution in [-0.2, 0) is 19.1 Å². The summed E-state index contributed by atoms with van der Waals surface area (Å²) in [4.78, 5) is 28.5. The fourth-order valence-corrected chi connectivity index (χ4v) is 4.14. The topological polar surface area (TPSA) is 49.9 Å². The van der Waals surface area contributed by atoms with Crippen molar-refractivity contribution in [3.63, 3.8) is 0 Å². The van der Waals surface area contributed by atoms with Gasteiger partial charge in [-0.2, -0.15) is 0 Å². The van der Waals surface area contributed by atoms with Crippen LogP contribution < -0.4 is 4.90 Å². The first-order chi connectivity index (χ1) is 15.1. The largest absolute Gasteiger partial charge is 0.391 e. The lowest BCUT2D eigenvalue weighted by Gasteiger charge is -2.38. The number of hydrogen-bond donors (Lipinski definition) is 0. The summed E-state index contributed by atoms with van der Waals surface area (Å²) in [7, 11) is 0. The molecule has 0 atom stereocenters. The minimum absolute atomic E-state index is 0.152. The summed E-state index contributed by atoms with van der Waals surface area (Å²) in [6.07, 6.45) is 6.59. The molecule has 6 heteroatoms. The van der Waals surface area contributed by atoms with Crippen molar-refractivity contribution in [1.82, 2.24) is 4.90 Å². The Bertz CT molecular complexity index is 875. The second-order valence-electron chi connectivity index (χ2n) is 7.75. The lowest BCUT2D eigenvalue weighted by Crippen LogP contribution is -2.47. The van der Waals surface area contributed by atoms with Crippen molar-refractivity contribution in [3.05, 3.63) is 71.8 Å². The molecule has 0 bridgehead atoms. The average molecular weight is 532 g/mol. The molecule has 1 amide bonds. The maximum Gasteiger partial charge on any atom is 0.340 e. The summed E-state index contributed by atoms with van der Waals surface area (Å²) >= 11 is 1.57. The van der Waals surface area contributed by atoms with Gasteiger partial charge in [0.15, 0.2) is 23.0 Å². The molecule has 1 saturated heterocycles. The molecule has 31 heavy (non-hydrogen) atoms. The van der Waals surface area contributed by atoms with Crippen LogP contribution in [0.3, 0.4) is 0 Å². The highest BCUT2D eigenvalue weighted by Gasteiger charge is 2.28. The molecule has 2 aromatic rings. The van der Waals surface area contributed by atoms with E-state index in [0.29, 0.717) is 6.42 Å². The van der Waals surface area contributed by atoms with Gasteiger partial charge in [-0.15, -0.1) is 0 Å². The molecular weight excluding hydrogens is 503 g/mol. The van der Waals surface area contributed by atoms with Crippen molar-refractivity contribution in [3.8, 4) is 0 Å². The van der Waals surface area contributed by atoms with Gasteiger partial charge in [0.25, 0.3) is 0 Å². The molecule has 5 nitrogen and oxygen atoms in total. The van der Waals surface area contributed by atoms with Gasteiger partial charge < -0.3 is 12.9 Å². The zero-order valence-corrected chi connectivity index (χ0v) is 20.0. The van der Waals surface area contributed by atoms with Crippen LogP contribution >= 0.6 is 23.0 Å². The monoisotopic (exact) mass is 532 g/mol. The zero-order chi connectivity index (χ0) is 22.1. The number of piperidine rings is 1. The Balaban J connectivity index is 1.60. The molecule has 1 aliphatic heterocycles. The number of likely N-dealkylation sites (tertiary alicyclic amines) is 1. The van der Waals surface area contributed by atoms with Crippen LogP contribution in [-0.4, -0.2) is 42.5 Å². The van der Waals surface area contributed by atoms with Crippen molar-refractivity contribution in [1.29, 1.82) is 0 Å². The number of anilines is 1. The first-order valence-corrected chi connectivity index (χ1v) is 11.7. The number of nitrogens with zero attached hydrogens (tertiary/aromatic N) is 2. The number of carbonyl (C=O) groups is 2. The van der Waals surface area contributed by atoms with Gasteiger partial charge in [0.05, 0.1) is 0 Å². The van der Waals surface area contributed by atoms with Crippen LogP contribution in [0.1, 0.15) is 37.3 Å². The predicted molar refractivity (Wildman–Crippen MR) is 133 cm³/mol. The lowest BCUT2D eigenvalue weighted by molar-refractivity contribution is -0.126. The number of carbonyl (C=O) groups excluding carboxylic acids is 2. The van der Waals surface area contributed by atoms with E-state index >= 15 is 0 Å². The van der Waals surface area contributed by atoms with E-state index in [9.17, 15) is 9.59 Å². The fourth-order valence-electron chi connectivity index (χ4n) is 4.00. The molecule has 1 aliphatic rings. The Morgan fingerprint density at radius 3 is 2.39 bits per heavy atom. The molecule has 0 aliphatic carbocycles. The molecule has 1 fully saturated rings. The highest BCUT2D eigenvalue weighted by Crippen LogP contribution is 2.25. The van der Waals surface area contributed by atoms with E-state index in [4.69, 9.17) is 0 Å². The second kappa shape index (κ2) is 12.0. The van der Waals surface area contributed by atoms with Crippen molar-refractivity contribution in [2.45, 2.75) is 38.6 Å². The average Bonchev–Trinajstić information content (AvgIpc) is 2.83. The third-order valence-electron chi connectivity index (χ3n) is 5.71. The Kier molecular flexibility index (Phi) is 9.09. The Morgan fingerprint density at radius 2 is 1.77 bits per heavy atom. The summed E-state index contributed by atoms with van der Waals surface area (Å²) < 4.78 is 4.60. The van der Waals surface area contributed by atoms with Gasteiger partial charge in [0.2, 0.25) is 5.91 Å². The van der Waals surface area contributed by atoms with Gasteiger partial charge >= 0.3 is 5.97 Å². The molecule has 3 rings (SSSR count). The molecular formula is C25H29IN2O3. The van der Waals surface area contributed by atoms with Crippen LogP contribution in [0.2, 0.25) is 0 Å². The molecule has 0 saturated carbocycles. The van der Waals surface area contributed by atoms with E-state index in [1.165, 1.54) is 11.6 Å². The Hall–Kier alpha value is -2.19. The highest BCUT2D eigenvalue weighted by atomic mass is 127. The second-order valence-corrected chi connectivity index (χ2v) is 8.19. The molecule has 0 radical (unpaired) electrons. The summed E-state index contributed by atoms with van der Waals surface area (Å²) in [6.45, 7) is 4.98. The van der Waals surface area contributed by atoms with Crippen molar-refractivity contribution < 1.29 is 12.7 Å². The highest BCUT2D eigenvalue weighted by molar-refractivity contribution is 14.1. The lowest BCUT2D eigenvalue weighted by atomic mass is 10.0. The first-order valence-electron chi connectivity index (χ1n) is 10.8. The van der Waals surface area contributed by atoms with Gasteiger partial charge in [-0.3, -0.25) is 4.79 Å². The van der Waals surface area contributed by atoms with Crippen LogP contribution in [0.25, 0.3) is 6.08 Å². The molecule has 2 aromatic carbocycles. The maximum absolute atomic E-state index is 12.8. The molecule has 0 N–H and O–H groups in total. The number of rotatable bonds is 8. The van der Waals surface area contributed by atoms with E-state index in [-0.39, 0.29) is 11.9 Å². The molecule has 1 heterocycles. The minimum atomic E-state index is -0.397. The molecule has 0 aromatic heterocycles. The van der Waals surface area contributed by atoms with Crippen LogP contribution in [0, 0.1) is 0 Å². The number of hydrogen-bond acceptors (Lipinski definition) is 4. The number of benzene rings is 2. The zero-order valence-electron chi connectivity index (χ0n) is 17.9. The smallest absolute Gasteiger partial charge is 0.340 e. The Morgan fingerprint density at radius 1 is 1.10 bits per heavy atom. The maximum atomic E-state index is 12.8. The summed E-state index contributed by atoms with van der Waals surface area (Å²) in [5.74, 6) is -0.244. The van der Waals surface area contributed by atoms with Gasteiger partial charge in [0.1, 0.15) is 0 Å². The SMILES string of the molecule is CCC(=O)N(c1ccc(/C=C/C(=O)OI)cc1)C1CCN(CCc2ccccc2)CC1. The molecule has 164 valence electrons. The summed E-state index contributed by atoms with van der Waals surface area (Å²) in [5.41, 5.74) is 3.18. The van der Waals surface area contributed by atoms with E-state index in [0.717, 1.165) is 50.1 Å².